The van der Waals surface area contributed by atoms with Crippen LogP contribution in [0.25, 0.3) is 0 Å². The summed E-state index contributed by atoms with van der Waals surface area (Å²) in [5.74, 6) is -0.364. The third-order valence-electron chi connectivity index (χ3n) is 5.54. The zero-order valence-corrected chi connectivity index (χ0v) is 20.6. The first-order chi connectivity index (χ1) is 15.7. The van der Waals surface area contributed by atoms with Gasteiger partial charge in [0, 0.05) is 15.6 Å². The highest BCUT2D eigenvalue weighted by Crippen LogP contribution is 2.38. The number of thioether (sulfide) groups is 1. The standard InChI is InChI=1S/C27H25ClN2O2S/c1-16(2)19-8-10-20(11-9-19)29-24-25(33-22-13-5-17(3)6-14-22)27(32)30(26(24)31)21-12-7-18(4)23(28)15-21/h5-16,29H,1-4H3. The molecule has 2 amide bonds. The molecule has 0 radical (unpaired) electrons. The van der Waals surface area contributed by atoms with Gasteiger partial charge in [-0.1, -0.05) is 73.1 Å². The highest BCUT2D eigenvalue weighted by Gasteiger charge is 2.40. The Morgan fingerprint density at radius 3 is 2.15 bits per heavy atom. The van der Waals surface area contributed by atoms with E-state index in [4.69, 9.17) is 11.6 Å². The average Bonchev–Trinajstić information content (AvgIpc) is 3.01. The number of carbonyl (C=O) groups is 2. The fourth-order valence-electron chi connectivity index (χ4n) is 3.49. The van der Waals surface area contributed by atoms with Gasteiger partial charge in [0.05, 0.1) is 5.69 Å². The normalized spacial score (nSPS) is 13.9. The van der Waals surface area contributed by atoms with Gasteiger partial charge in [-0.2, -0.15) is 0 Å². The number of nitrogens with one attached hydrogen (secondary N) is 1. The Morgan fingerprint density at radius 2 is 1.55 bits per heavy atom. The van der Waals surface area contributed by atoms with Crippen molar-refractivity contribution in [3.8, 4) is 0 Å². The first kappa shape index (κ1) is 23.1. The second kappa shape index (κ2) is 9.46. The molecule has 0 bridgehead atoms. The van der Waals surface area contributed by atoms with E-state index in [1.54, 1.807) is 18.2 Å². The molecule has 0 saturated heterocycles. The number of benzene rings is 3. The number of hydrogen-bond acceptors (Lipinski definition) is 4. The van der Waals surface area contributed by atoms with Crippen LogP contribution in [-0.2, 0) is 9.59 Å². The SMILES string of the molecule is Cc1ccc(SC2=C(Nc3ccc(C(C)C)cc3)C(=O)N(c3ccc(C)c(Cl)c3)C2=O)cc1. The molecule has 1 heterocycles. The summed E-state index contributed by atoms with van der Waals surface area (Å²) in [6.45, 7) is 8.15. The maximum absolute atomic E-state index is 13.5. The van der Waals surface area contributed by atoms with Crippen LogP contribution in [-0.4, -0.2) is 11.8 Å². The van der Waals surface area contributed by atoms with Crippen LogP contribution in [0.3, 0.4) is 0 Å². The number of amides is 2. The van der Waals surface area contributed by atoms with Crippen molar-refractivity contribution < 1.29 is 9.59 Å². The zero-order valence-electron chi connectivity index (χ0n) is 19.0. The maximum Gasteiger partial charge on any atom is 0.283 e. The van der Waals surface area contributed by atoms with E-state index in [9.17, 15) is 9.59 Å². The molecule has 3 aromatic carbocycles. The van der Waals surface area contributed by atoms with Crippen molar-refractivity contribution in [1.29, 1.82) is 0 Å². The van der Waals surface area contributed by atoms with Crippen molar-refractivity contribution in [1.82, 2.24) is 0 Å². The molecule has 0 saturated carbocycles. The van der Waals surface area contributed by atoms with E-state index in [2.05, 4.69) is 19.2 Å². The number of aryl methyl sites for hydroxylation is 2. The third kappa shape index (κ3) is 4.85. The predicted octanol–water partition coefficient (Wildman–Crippen LogP) is 7.07. The summed E-state index contributed by atoms with van der Waals surface area (Å²) < 4.78 is 0. The van der Waals surface area contributed by atoms with Gasteiger partial charge < -0.3 is 5.32 Å². The first-order valence-corrected chi connectivity index (χ1v) is 11.9. The fraction of sp³-hybridized carbons (Fsp3) is 0.185. The maximum atomic E-state index is 13.5. The first-order valence-electron chi connectivity index (χ1n) is 10.8. The van der Waals surface area contributed by atoms with Crippen molar-refractivity contribution in [2.45, 2.75) is 38.5 Å². The molecule has 4 rings (SSSR count). The van der Waals surface area contributed by atoms with Crippen molar-refractivity contribution in [3.63, 3.8) is 0 Å². The summed E-state index contributed by atoms with van der Waals surface area (Å²) in [5.41, 5.74) is 4.68. The molecular weight excluding hydrogens is 452 g/mol. The molecule has 0 aliphatic carbocycles. The summed E-state index contributed by atoms with van der Waals surface area (Å²) >= 11 is 7.58. The quantitative estimate of drug-likeness (QED) is 0.386. The van der Waals surface area contributed by atoms with Crippen molar-refractivity contribution in [2.24, 2.45) is 0 Å². The number of carbonyl (C=O) groups excluding carboxylic acids is 2. The summed E-state index contributed by atoms with van der Waals surface area (Å²) in [7, 11) is 0. The van der Waals surface area contributed by atoms with Crippen LogP contribution in [0, 0.1) is 13.8 Å². The van der Waals surface area contributed by atoms with Gasteiger partial charge in [-0.05, 0) is 67.3 Å². The van der Waals surface area contributed by atoms with Gasteiger partial charge >= 0.3 is 0 Å². The molecule has 4 nitrogen and oxygen atoms in total. The Balaban J connectivity index is 1.72. The van der Waals surface area contributed by atoms with Gasteiger partial charge in [-0.15, -0.1) is 0 Å². The van der Waals surface area contributed by atoms with E-state index in [0.717, 1.165) is 21.7 Å². The molecule has 1 aliphatic heterocycles. The summed E-state index contributed by atoms with van der Waals surface area (Å²) in [4.78, 5) is 29.4. The van der Waals surface area contributed by atoms with Gasteiger partial charge in [0.2, 0.25) is 0 Å². The van der Waals surface area contributed by atoms with Crippen molar-refractivity contribution in [2.75, 3.05) is 10.2 Å². The summed E-state index contributed by atoms with van der Waals surface area (Å²) in [6.07, 6.45) is 0. The molecule has 1 aliphatic rings. The zero-order chi connectivity index (χ0) is 23.7. The Hall–Kier alpha value is -3.02. The molecule has 0 spiro atoms. The average molecular weight is 477 g/mol. The topological polar surface area (TPSA) is 49.4 Å². The number of nitrogens with zero attached hydrogens (tertiary/aromatic N) is 1. The van der Waals surface area contributed by atoms with Gasteiger partial charge in [-0.25, -0.2) is 4.90 Å². The van der Waals surface area contributed by atoms with Crippen LogP contribution < -0.4 is 10.2 Å². The molecule has 6 heteroatoms. The van der Waals surface area contributed by atoms with Crippen LogP contribution in [0.15, 0.2) is 82.2 Å². The van der Waals surface area contributed by atoms with Crippen LogP contribution >= 0.6 is 23.4 Å². The molecule has 168 valence electrons. The third-order valence-corrected chi connectivity index (χ3v) is 7.04. The lowest BCUT2D eigenvalue weighted by molar-refractivity contribution is -0.120. The number of imide groups is 1. The fourth-order valence-corrected chi connectivity index (χ4v) is 4.59. The second-order valence-electron chi connectivity index (χ2n) is 8.40. The van der Waals surface area contributed by atoms with Crippen molar-refractivity contribution in [3.05, 3.63) is 99.0 Å². The Bertz CT molecular complexity index is 1250. The Morgan fingerprint density at radius 1 is 0.879 bits per heavy atom. The Labute approximate surface area is 203 Å². The largest absolute Gasteiger partial charge is 0.350 e. The minimum Gasteiger partial charge on any atom is -0.350 e. The minimum absolute atomic E-state index is 0.263. The summed E-state index contributed by atoms with van der Waals surface area (Å²) in [5, 5.41) is 3.71. The van der Waals surface area contributed by atoms with Crippen LogP contribution in [0.2, 0.25) is 5.02 Å². The van der Waals surface area contributed by atoms with Gasteiger partial charge in [0.1, 0.15) is 10.6 Å². The molecule has 0 unspecified atom stereocenters. The molecule has 3 aromatic rings. The molecule has 0 fully saturated rings. The second-order valence-corrected chi connectivity index (χ2v) is 9.89. The summed E-state index contributed by atoms with van der Waals surface area (Å²) in [6, 6.07) is 21.0. The lowest BCUT2D eigenvalue weighted by Gasteiger charge is -2.16. The van der Waals surface area contributed by atoms with Crippen LogP contribution in [0.1, 0.15) is 36.5 Å². The van der Waals surface area contributed by atoms with Gasteiger partial charge in [0.25, 0.3) is 11.8 Å². The van der Waals surface area contributed by atoms with Gasteiger partial charge in [-0.3, -0.25) is 9.59 Å². The van der Waals surface area contributed by atoms with E-state index in [1.807, 2.05) is 62.4 Å². The smallest absolute Gasteiger partial charge is 0.283 e. The van der Waals surface area contributed by atoms with Crippen LogP contribution in [0.4, 0.5) is 11.4 Å². The molecule has 33 heavy (non-hydrogen) atoms. The van der Waals surface area contributed by atoms with Crippen LogP contribution in [0.5, 0.6) is 0 Å². The minimum atomic E-state index is -0.400. The lowest BCUT2D eigenvalue weighted by atomic mass is 10.0. The highest BCUT2D eigenvalue weighted by atomic mass is 35.5. The number of hydrogen-bond donors (Lipinski definition) is 1. The van der Waals surface area contributed by atoms with E-state index < -0.39 is 5.91 Å². The monoisotopic (exact) mass is 476 g/mol. The van der Waals surface area contributed by atoms with E-state index in [0.29, 0.717) is 21.5 Å². The van der Waals surface area contributed by atoms with E-state index in [1.165, 1.54) is 22.2 Å². The number of rotatable bonds is 6. The van der Waals surface area contributed by atoms with E-state index >= 15 is 0 Å². The lowest BCUT2D eigenvalue weighted by Crippen LogP contribution is -2.32. The van der Waals surface area contributed by atoms with Gasteiger partial charge in [0.15, 0.2) is 0 Å². The molecule has 0 atom stereocenters. The highest BCUT2D eigenvalue weighted by molar-refractivity contribution is 8.04. The number of anilines is 2. The molecule has 0 aromatic heterocycles. The molecule has 1 N–H and O–H groups in total. The number of halogens is 1. The predicted molar refractivity (Wildman–Crippen MR) is 137 cm³/mol. The van der Waals surface area contributed by atoms with Crippen molar-refractivity contribution >= 4 is 46.6 Å². The Kier molecular flexibility index (Phi) is 6.63. The molecular formula is C27H25ClN2O2S. The van der Waals surface area contributed by atoms with E-state index in [-0.39, 0.29) is 11.6 Å².